The summed E-state index contributed by atoms with van der Waals surface area (Å²) >= 11 is 12.0. The van der Waals surface area contributed by atoms with E-state index in [1.807, 2.05) is 0 Å². The summed E-state index contributed by atoms with van der Waals surface area (Å²) in [6, 6.07) is 4.80. The lowest BCUT2D eigenvalue weighted by molar-refractivity contribution is 0.0527. The maximum Gasteiger partial charge on any atom is 0.376 e. The van der Waals surface area contributed by atoms with Crippen molar-refractivity contribution in [3.8, 4) is 11.5 Å². The average Bonchev–Trinajstić information content (AvgIpc) is 2.93. The van der Waals surface area contributed by atoms with Crippen LogP contribution in [0.5, 0.6) is 0 Å². The Balaban J connectivity index is 2.61. The van der Waals surface area contributed by atoms with E-state index in [-0.39, 0.29) is 27.4 Å². The Morgan fingerprint density at radius 3 is 2.43 bits per heavy atom. The molecular weight excluding hydrogens is 321 g/mol. The van der Waals surface area contributed by atoms with Gasteiger partial charge in [-0.2, -0.15) is 0 Å². The summed E-state index contributed by atoms with van der Waals surface area (Å²) in [5, 5.41) is 0.472. The van der Waals surface area contributed by atoms with E-state index in [1.54, 1.807) is 18.2 Å². The van der Waals surface area contributed by atoms with E-state index in [9.17, 15) is 9.59 Å². The Bertz CT molecular complexity index is 677. The van der Waals surface area contributed by atoms with E-state index in [2.05, 4.69) is 14.5 Å². The van der Waals surface area contributed by atoms with E-state index < -0.39 is 11.9 Å². The molecule has 0 saturated heterocycles. The second-order valence-electron chi connectivity index (χ2n) is 3.78. The Morgan fingerprint density at radius 1 is 1.14 bits per heavy atom. The van der Waals surface area contributed by atoms with Crippen LogP contribution < -0.4 is 0 Å². The summed E-state index contributed by atoms with van der Waals surface area (Å²) in [4.78, 5) is 27.2. The third kappa shape index (κ3) is 2.86. The zero-order chi connectivity index (χ0) is 15.6. The summed E-state index contributed by atoms with van der Waals surface area (Å²) in [6.07, 6.45) is 0. The van der Waals surface area contributed by atoms with E-state index in [0.29, 0.717) is 5.56 Å². The van der Waals surface area contributed by atoms with Gasteiger partial charge in [-0.3, -0.25) is 0 Å². The van der Waals surface area contributed by atoms with Crippen molar-refractivity contribution < 1.29 is 23.5 Å². The molecular formula is C13H9Cl2NO5. The van der Waals surface area contributed by atoms with Crippen LogP contribution in [0, 0.1) is 0 Å². The average molecular weight is 330 g/mol. The second-order valence-corrected chi connectivity index (χ2v) is 4.57. The van der Waals surface area contributed by atoms with Gasteiger partial charge >= 0.3 is 11.9 Å². The largest absolute Gasteiger partial charge is 0.464 e. The van der Waals surface area contributed by atoms with Crippen molar-refractivity contribution in [2.45, 2.75) is 0 Å². The van der Waals surface area contributed by atoms with Gasteiger partial charge in [-0.25, -0.2) is 14.6 Å². The Kier molecular flexibility index (Phi) is 4.50. The number of benzene rings is 1. The van der Waals surface area contributed by atoms with Crippen molar-refractivity contribution in [2.75, 3.05) is 14.2 Å². The van der Waals surface area contributed by atoms with Crippen LogP contribution in [0.1, 0.15) is 21.0 Å². The van der Waals surface area contributed by atoms with E-state index in [4.69, 9.17) is 27.6 Å². The number of carbonyl (C=O) groups excluding carboxylic acids is 2. The van der Waals surface area contributed by atoms with E-state index >= 15 is 0 Å². The molecule has 1 heterocycles. The fraction of sp³-hybridized carbons (Fsp3) is 0.154. The molecule has 21 heavy (non-hydrogen) atoms. The molecule has 1 aromatic heterocycles. The molecule has 0 saturated carbocycles. The maximum absolute atomic E-state index is 11.6. The summed E-state index contributed by atoms with van der Waals surface area (Å²) < 4.78 is 14.4. The number of oxazole rings is 1. The molecule has 8 heteroatoms. The Labute approximate surface area is 129 Å². The monoisotopic (exact) mass is 329 g/mol. The molecule has 0 bridgehead atoms. The first-order valence-electron chi connectivity index (χ1n) is 5.61. The lowest BCUT2D eigenvalue weighted by Crippen LogP contribution is -2.10. The molecule has 1 aromatic carbocycles. The molecule has 2 aromatic rings. The van der Waals surface area contributed by atoms with Gasteiger partial charge in [0.2, 0.25) is 17.3 Å². The molecule has 0 fully saturated rings. The van der Waals surface area contributed by atoms with Crippen molar-refractivity contribution in [1.82, 2.24) is 4.98 Å². The number of esters is 2. The molecule has 0 aliphatic heterocycles. The number of nitrogens with zero attached hydrogens (tertiary/aromatic N) is 1. The topological polar surface area (TPSA) is 78.6 Å². The standard InChI is InChI=1S/C13H9Cl2NO5/c1-19-12(17)9-10(13(18)20-2)21-11(16-9)6-4-3-5-7(14)8(6)15/h3-5H,1-2H3. The minimum atomic E-state index is -0.854. The molecule has 0 amide bonds. The summed E-state index contributed by atoms with van der Waals surface area (Å²) in [5.41, 5.74) is 0.0415. The lowest BCUT2D eigenvalue weighted by Gasteiger charge is -2.00. The van der Waals surface area contributed by atoms with Gasteiger partial charge in [0.15, 0.2) is 0 Å². The van der Waals surface area contributed by atoms with Crippen molar-refractivity contribution in [1.29, 1.82) is 0 Å². The lowest BCUT2D eigenvalue weighted by atomic mass is 10.2. The van der Waals surface area contributed by atoms with Crippen LogP contribution in [0.3, 0.4) is 0 Å². The van der Waals surface area contributed by atoms with Crippen molar-refractivity contribution >= 4 is 35.1 Å². The van der Waals surface area contributed by atoms with Crippen LogP contribution in [0.2, 0.25) is 10.0 Å². The smallest absolute Gasteiger partial charge is 0.376 e. The molecule has 0 radical (unpaired) electrons. The third-order valence-electron chi connectivity index (χ3n) is 2.56. The highest BCUT2D eigenvalue weighted by molar-refractivity contribution is 6.43. The highest BCUT2D eigenvalue weighted by Gasteiger charge is 2.28. The zero-order valence-electron chi connectivity index (χ0n) is 11.0. The first-order valence-corrected chi connectivity index (χ1v) is 6.37. The van der Waals surface area contributed by atoms with Gasteiger partial charge in [0.25, 0.3) is 0 Å². The third-order valence-corrected chi connectivity index (χ3v) is 3.38. The number of hydrogen-bond acceptors (Lipinski definition) is 6. The van der Waals surface area contributed by atoms with Gasteiger partial charge < -0.3 is 13.9 Å². The van der Waals surface area contributed by atoms with Crippen LogP contribution in [-0.4, -0.2) is 31.1 Å². The quantitative estimate of drug-likeness (QED) is 0.804. The Hall–Kier alpha value is -2.05. The minimum absolute atomic E-state index is 0.0386. The fourth-order valence-corrected chi connectivity index (χ4v) is 1.95. The van der Waals surface area contributed by atoms with Crippen molar-refractivity contribution in [3.05, 3.63) is 39.7 Å². The van der Waals surface area contributed by atoms with Gasteiger partial charge in [0, 0.05) is 0 Å². The molecule has 2 rings (SSSR count). The number of rotatable bonds is 3. The molecule has 0 aliphatic carbocycles. The highest BCUT2D eigenvalue weighted by atomic mass is 35.5. The van der Waals surface area contributed by atoms with Crippen LogP contribution >= 0.6 is 23.2 Å². The minimum Gasteiger partial charge on any atom is -0.464 e. The predicted octanol–water partition coefficient (Wildman–Crippen LogP) is 3.22. The van der Waals surface area contributed by atoms with E-state index in [1.165, 1.54) is 0 Å². The molecule has 0 unspecified atom stereocenters. The molecule has 0 N–H and O–H groups in total. The van der Waals surface area contributed by atoms with Gasteiger partial charge in [-0.1, -0.05) is 29.3 Å². The SMILES string of the molecule is COC(=O)c1nc(-c2cccc(Cl)c2Cl)oc1C(=O)OC. The highest BCUT2D eigenvalue weighted by Crippen LogP contribution is 2.34. The maximum atomic E-state index is 11.6. The first kappa shape index (κ1) is 15.3. The van der Waals surface area contributed by atoms with Crippen LogP contribution in [0.15, 0.2) is 22.6 Å². The molecule has 0 spiro atoms. The van der Waals surface area contributed by atoms with Gasteiger partial charge in [-0.05, 0) is 12.1 Å². The van der Waals surface area contributed by atoms with Gasteiger partial charge in [-0.15, -0.1) is 0 Å². The molecule has 6 nitrogen and oxygen atoms in total. The van der Waals surface area contributed by atoms with Crippen LogP contribution in [0.25, 0.3) is 11.5 Å². The summed E-state index contributed by atoms with van der Waals surface area (Å²) in [6.45, 7) is 0. The summed E-state index contributed by atoms with van der Waals surface area (Å²) in [5.74, 6) is -2.09. The number of halogens is 2. The number of ether oxygens (including phenoxy) is 2. The number of carbonyl (C=O) groups is 2. The number of hydrogen-bond donors (Lipinski definition) is 0. The zero-order valence-corrected chi connectivity index (χ0v) is 12.5. The molecule has 0 aliphatic rings. The fourth-order valence-electron chi connectivity index (χ4n) is 1.57. The Morgan fingerprint density at radius 2 is 1.81 bits per heavy atom. The predicted molar refractivity (Wildman–Crippen MR) is 74.6 cm³/mol. The van der Waals surface area contributed by atoms with Crippen LogP contribution in [-0.2, 0) is 9.47 Å². The van der Waals surface area contributed by atoms with Gasteiger partial charge in [0.1, 0.15) is 0 Å². The number of methoxy groups -OCH3 is 2. The summed E-state index contributed by atoms with van der Waals surface area (Å²) in [7, 11) is 2.31. The van der Waals surface area contributed by atoms with Crippen molar-refractivity contribution in [2.24, 2.45) is 0 Å². The molecule has 110 valence electrons. The van der Waals surface area contributed by atoms with Crippen LogP contribution in [0.4, 0.5) is 0 Å². The van der Waals surface area contributed by atoms with Gasteiger partial charge in [0.05, 0.1) is 29.8 Å². The number of aromatic nitrogens is 1. The first-order chi connectivity index (χ1) is 9.99. The van der Waals surface area contributed by atoms with E-state index in [0.717, 1.165) is 14.2 Å². The second kappa shape index (κ2) is 6.15. The normalized spacial score (nSPS) is 10.3. The molecule has 0 atom stereocenters. The van der Waals surface area contributed by atoms with Crippen molar-refractivity contribution in [3.63, 3.8) is 0 Å².